The summed E-state index contributed by atoms with van der Waals surface area (Å²) >= 11 is 0. The Morgan fingerprint density at radius 1 is 1.25 bits per heavy atom. The number of aryl methyl sites for hydroxylation is 1. The van der Waals surface area contributed by atoms with Crippen LogP contribution in [0.1, 0.15) is 18.4 Å². The van der Waals surface area contributed by atoms with Crippen molar-refractivity contribution in [3.8, 4) is 11.5 Å². The zero-order chi connectivity index (χ0) is 16.9. The fourth-order valence-electron chi connectivity index (χ4n) is 3.07. The maximum Gasteiger partial charge on any atom is 0.126 e. The van der Waals surface area contributed by atoms with Gasteiger partial charge in [-0.1, -0.05) is 6.07 Å². The minimum atomic E-state index is -0.463. The van der Waals surface area contributed by atoms with Crippen molar-refractivity contribution in [1.29, 1.82) is 0 Å². The van der Waals surface area contributed by atoms with Crippen molar-refractivity contribution in [3.05, 3.63) is 42.2 Å². The number of hydrogen-bond acceptors (Lipinski definition) is 5. The third-order valence-electron chi connectivity index (χ3n) is 4.39. The van der Waals surface area contributed by atoms with Gasteiger partial charge in [0, 0.05) is 44.5 Å². The molecule has 2 atom stereocenters. The maximum absolute atomic E-state index is 10.4. The molecule has 2 aromatic rings. The van der Waals surface area contributed by atoms with Crippen molar-refractivity contribution in [2.75, 3.05) is 20.2 Å². The lowest BCUT2D eigenvalue weighted by Crippen LogP contribution is -2.31. The van der Waals surface area contributed by atoms with Crippen molar-refractivity contribution < 1.29 is 14.6 Å². The molecule has 3 rings (SSSR count). The number of benzene rings is 1. The smallest absolute Gasteiger partial charge is 0.126 e. The molecule has 1 saturated heterocycles. The van der Waals surface area contributed by atoms with Crippen molar-refractivity contribution in [2.45, 2.75) is 31.6 Å². The van der Waals surface area contributed by atoms with E-state index in [1.54, 1.807) is 7.11 Å². The maximum atomic E-state index is 10.4. The van der Waals surface area contributed by atoms with E-state index in [0.29, 0.717) is 6.42 Å². The van der Waals surface area contributed by atoms with Gasteiger partial charge in [-0.25, -0.2) is 0 Å². The van der Waals surface area contributed by atoms with Gasteiger partial charge in [-0.15, -0.1) is 0 Å². The molecule has 0 bridgehead atoms. The molecule has 6 nitrogen and oxygen atoms in total. The molecule has 130 valence electrons. The van der Waals surface area contributed by atoms with Crippen LogP contribution in [0.2, 0.25) is 0 Å². The second kappa shape index (κ2) is 7.68. The quantitative estimate of drug-likeness (QED) is 0.906. The Morgan fingerprint density at radius 2 is 2.04 bits per heavy atom. The molecule has 1 aromatic heterocycles. The average molecular weight is 331 g/mol. The lowest BCUT2D eigenvalue weighted by Gasteiger charge is -2.22. The predicted octanol–water partition coefficient (Wildman–Crippen LogP) is 1.83. The Bertz CT molecular complexity index is 658. The summed E-state index contributed by atoms with van der Waals surface area (Å²) in [6.45, 7) is 2.60. The van der Waals surface area contributed by atoms with Crippen molar-refractivity contribution >= 4 is 0 Å². The van der Waals surface area contributed by atoms with Crippen LogP contribution in [0, 0.1) is 0 Å². The van der Waals surface area contributed by atoms with Gasteiger partial charge in [-0.3, -0.25) is 9.58 Å². The molecule has 1 aliphatic rings. The van der Waals surface area contributed by atoms with Crippen molar-refractivity contribution in [3.63, 3.8) is 0 Å². The summed E-state index contributed by atoms with van der Waals surface area (Å²) in [5, 5.41) is 14.6. The molecular formula is C18H25N3O3. The van der Waals surface area contributed by atoms with Crippen LogP contribution in [-0.2, 0) is 13.6 Å². The minimum Gasteiger partial charge on any atom is -0.497 e. The number of hydrogen-bond donors (Lipinski definition) is 1. The van der Waals surface area contributed by atoms with E-state index in [4.69, 9.17) is 9.47 Å². The summed E-state index contributed by atoms with van der Waals surface area (Å²) in [5.74, 6) is 1.49. The number of aromatic nitrogens is 2. The van der Waals surface area contributed by atoms with Gasteiger partial charge in [0.15, 0.2) is 0 Å². The molecule has 1 fully saturated rings. The number of likely N-dealkylation sites (tertiary alicyclic amines) is 1. The van der Waals surface area contributed by atoms with Crippen LogP contribution in [0.3, 0.4) is 0 Å². The first-order valence-electron chi connectivity index (χ1n) is 8.32. The summed E-state index contributed by atoms with van der Waals surface area (Å²) in [4.78, 5) is 2.34. The van der Waals surface area contributed by atoms with Gasteiger partial charge in [0.25, 0.3) is 0 Å². The number of ether oxygens (including phenoxy) is 2. The monoisotopic (exact) mass is 331 g/mol. The summed E-state index contributed by atoms with van der Waals surface area (Å²) in [7, 11) is 3.56. The van der Waals surface area contributed by atoms with Gasteiger partial charge in [0.05, 0.1) is 19.4 Å². The standard InChI is InChI=1S/C18H25N3O3/c1-20-12-14(11-19-20)13-21-8-6-17(22)18(7-9-21)24-16-5-3-4-15(10-16)23-2/h3-5,10-12,17-18,22H,6-9,13H2,1-2H3/t17-,18-/m0/s1. The molecule has 0 radical (unpaired) electrons. The molecule has 24 heavy (non-hydrogen) atoms. The molecule has 2 heterocycles. The first-order valence-corrected chi connectivity index (χ1v) is 8.32. The highest BCUT2D eigenvalue weighted by Gasteiger charge is 2.26. The highest BCUT2D eigenvalue weighted by Crippen LogP contribution is 2.24. The highest BCUT2D eigenvalue weighted by atomic mass is 16.5. The Kier molecular flexibility index (Phi) is 5.37. The van der Waals surface area contributed by atoms with Crippen LogP contribution in [0.4, 0.5) is 0 Å². The van der Waals surface area contributed by atoms with Crippen LogP contribution in [0.5, 0.6) is 11.5 Å². The van der Waals surface area contributed by atoms with Crippen LogP contribution < -0.4 is 9.47 Å². The first-order chi connectivity index (χ1) is 11.6. The Morgan fingerprint density at radius 3 is 2.79 bits per heavy atom. The summed E-state index contributed by atoms with van der Waals surface area (Å²) in [5.41, 5.74) is 1.19. The van der Waals surface area contributed by atoms with Crippen LogP contribution in [0.25, 0.3) is 0 Å². The molecule has 0 spiro atoms. The second-order valence-electron chi connectivity index (χ2n) is 6.28. The van der Waals surface area contributed by atoms with E-state index in [2.05, 4.69) is 10.00 Å². The van der Waals surface area contributed by atoms with Crippen molar-refractivity contribution in [1.82, 2.24) is 14.7 Å². The number of methoxy groups -OCH3 is 1. The fraction of sp³-hybridized carbons (Fsp3) is 0.500. The van der Waals surface area contributed by atoms with Crippen LogP contribution in [0.15, 0.2) is 36.7 Å². The van der Waals surface area contributed by atoms with Crippen molar-refractivity contribution in [2.24, 2.45) is 7.05 Å². The normalized spacial score (nSPS) is 22.1. The zero-order valence-corrected chi connectivity index (χ0v) is 14.3. The van der Waals surface area contributed by atoms with Gasteiger partial charge in [-0.2, -0.15) is 5.10 Å². The van der Waals surface area contributed by atoms with Gasteiger partial charge in [-0.05, 0) is 25.0 Å². The summed E-state index contributed by atoms with van der Waals surface area (Å²) < 4.78 is 13.1. The Hall–Kier alpha value is -2.05. The zero-order valence-electron chi connectivity index (χ0n) is 14.3. The lowest BCUT2D eigenvalue weighted by molar-refractivity contribution is 0.0349. The van der Waals surface area contributed by atoms with Gasteiger partial charge in [0.1, 0.15) is 17.6 Å². The van der Waals surface area contributed by atoms with Crippen LogP contribution >= 0.6 is 0 Å². The van der Waals surface area contributed by atoms with E-state index in [1.807, 2.05) is 48.4 Å². The second-order valence-corrected chi connectivity index (χ2v) is 6.28. The Labute approximate surface area is 142 Å². The lowest BCUT2D eigenvalue weighted by atomic mass is 10.1. The van der Waals surface area contributed by atoms with Crippen LogP contribution in [-0.4, -0.2) is 52.2 Å². The largest absolute Gasteiger partial charge is 0.497 e. The summed E-state index contributed by atoms with van der Waals surface area (Å²) in [6, 6.07) is 7.52. The third-order valence-corrected chi connectivity index (χ3v) is 4.39. The van der Waals surface area contributed by atoms with Gasteiger partial charge in [0.2, 0.25) is 0 Å². The first kappa shape index (κ1) is 16.8. The fourth-order valence-corrected chi connectivity index (χ4v) is 3.07. The number of aliphatic hydroxyl groups excluding tert-OH is 1. The van der Waals surface area contributed by atoms with E-state index in [9.17, 15) is 5.11 Å². The number of aliphatic hydroxyl groups is 1. The van der Waals surface area contributed by atoms with Gasteiger partial charge >= 0.3 is 0 Å². The molecule has 0 aliphatic carbocycles. The predicted molar refractivity (Wildman–Crippen MR) is 91.1 cm³/mol. The molecule has 0 saturated carbocycles. The summed E-state index contributed by atoms with van der Waals surface area (Å²) in [6.07, 6.45) is 4.76. The molecule has 6 heteroatoms. The van der Waals surface area contributed by atoms with E-state index in [0.717, 1.165) is 37.6 Å². The SMILES string of the molecule is COc1cccc(O[C@H]2CCN(Cc3cnn(C)c3)CC[C@@H]2O)c1. The molecular weight excluding hydrogens is 306 g/mol. The van der Waals surface area contributed by atoms with E-state index >= 15 is 0 Å². The molecule has 1 aliphatic heterocycles. The van der Waals surface area contributed by atoms with E-state index in [-0.39, 0.29) is 6.10 Å². The highest BCUT2D eigenvalue weighted by molar-refractivity contribution is 5.33. The molecule has 1 N–H and O–H groups in total. The van der Waals surface area contributed by atoms with E-state index < -0.39 is 6.10 Å². The Balaban J connectivity index is 1.59. The number of nitrogens with zero attached hydrogens (tertiary/aromatic N) is 3. The van der Waals surface area contributed by atoms with E-state index in [1.165, 1.54) is 5.56 Å². The molecule has 0 amide bonds. The third kappa shape index (κ3) is 4.27. The molecule has 1 aromatic carbocycles. The average Bonchev–Trinajstić information content (AvgIpc) is 2.92. The van der Waals surface area contributed by atoms with Gasteiger partial charge < -0.3 is 14.6 Å². The molecule has 0 unspecified atom stereocenters. The number of rotatable bonds is 5. The minimum absolute atomic E-state index is 0.198. The topological polar surface area (TPSA) is 59.8 Å².